The van der Waals surface area contributed by atoms with E-state index in [2.05, 4.69) is 10.3 Å². The van der Waals surface area contributed by atoms with E-state index >= 15 is 0 Å². The molecule has 0 aromatic rings. The van der Waals surface area contributed by atoms with Crippen molar-refractivity contribution >= 4 is 6.34 Å². The summed E-state index contributed by atoms with van der Waals surface area (Å²) in [5, 5.41) is 3.12. The van der Waals surface area contributed by atoms with E-state index in [0.717, 1.165) is 13.0 Å². The van der Waals surface area contributed by atoms with E-state index in [9.17, 15) is 0 Å². The standard InChI is InChI=1S/C6H13N3/c1-5(7)2-6-3-8-4-9-6/h4-6H,2-3,7H2,1H3,(H,8,9)/t5-,6-/m1/s1. The number of nitrogens with two attached hydrogens (primary N) is 1. The summed E-state index contributed by atoms with van der Waals surface area (Å²) in [6, 6.07) is 0.772. The van der Waals surface area contributed by atoms with Crippen LogP contribution in [0.4, 0.5) is 0 Å². The molecule has 0 fully saturated rings. The fourth-order valence-corrected chi connectivity index (χ4v) is 0.982. The van der Waals surface area contributed by atoms with Gasteiger partial charge in [-0.25, -0.2) is 0 Å². The van der Waals surface area contributed by atoms with Gasteiger partial charge in [0.1, 0.15) is 0 Å². The molecule has 0 radical (unpaired) electrons. The van der Waals surface area contributed by atoms with Crippen LogP contribution in [0.2, 0.25) is 0 Å². The lowest BCUT2D eigenvalue weighted by Crippen LogP contribution is -2.31. The Bertz CT molecular complexity index is 101. The molecule has 0 aliphatic carbocycles. The highest BCUT2D eigenvalue weighted by molar-refractivity contribution is 5.57. The van der Waals surface area contributed by atoms with Crippen LogP contribution in [0.15, 0.2) is 4.99 Å². The van der Waals surface area contributed by atoms with Gasteiger partial charge >= 0.3 is 0 Å². The predicted octanol–water partition coefficient (Wildman–Crippen LogP) is -0.276. The molecule has 1 heterocycles. The molecule has 0 saturated carbocycles. The molecule has 3 heteroatoms. The minimum absolute atomic E-state index is 0.282. The van der Waals surface area contributed by atoms with Gasteiger partial charge < -0.3 is 11.1 Å². The SMILES string of the molecule is C[C@@H](N)C[C@@H]1CN=CN1. The van der Waals surface area contributed by atoms with Gasteiger partial charge in [-0.1, -0.05) is 0 Å². The van der Waals surface area contributed by atoms with Crippen LogP contribution >= 0.6 is 0 Å². The van der Waals surface area contributed by atoms with Gasteiger partial charge in [-0.3, -0.25) is 4.99 Å². The van der Waals surface area contributed by atoms with Crippen LogP contribution < -0.4 is 11.1 Å². The summed E-state index contributed by atoms with van der Waals surface area (Å²) < 4.78 is 0. The first kappa shape index (κ1) is 6.55. The lowest BCUT2D eigenvalue weighted by molar-refractivity contribution is 0.539. The molecule has 0 spiro atoms. The highest BCUT2D eigenvalue weighted by Gasteiger charge is 2.10. The predicted molar refractivity (Wildman–Crippen MR) is 38.5 cm³/mol. The van der Waals surface area contributed by atoms with E-state index in [1.807, 2.05) is 6.92 Å². The van der Waals surface area contributed by atoms with Crippen molar-refractivity contribution < 1.29 is 0 Å². The second kappa shape index (κ2) is 2.82. The summed E-state index contributed by atoms with van der Waals surface area (Å²) >= 11 is 0. The Morgan fingerprint density at radius 3 is 3.22 bits per heavy atom. The number of aliphatic imine (C=N–C) groups is 1. The number of nitrogens with one attached hydrogen (secondary N) is 1. The van der Waals surface area contributed by atoms with Crippen molar-refractivity contribution in [2.75, 3.05) is 6.54 Å². The molecule has 1 rings (SSSR count). The Morgan fingerprint density at radius 1 is 2.00 bits per heavy atom. The molecule has 9 heavy (non-hydrogen) atoms. The largest absolute Gasteiger partial charge is 0.372 e. The van der Waals surface area contributed by atoms with E-state index in [0.29, 0.717) is 6.04 Å². The summed E-state index contributed by atoms with van der Waals surface area (Å²) in [6.45, 7) is 2.90. The lowest BCUT2D eigenvalue weighted by Gasteiger charge is -2.11. The maximum Gasteiger partial charge on any atom is 0.0827 e. The van der Waals surface area contributed by atoms with Crippen molar-refractivity contribution in [2.45, 2.75) is 25.4 Å². The monoisotopic (exact) mass is 127 g/mol. The van der Waals surface area contributed by atoms with E-state index in [-0.39, 0.29) is 6.04 Å². The molecule has 0 bridgehead atoms. The zero-order valence-corrected chi connectivity index (χ0v) is 5.67. The fraction of sp³-hybridized carbons (Fsp3) is 0.833. The number of rotatable bonds is 2. The Kier molecular flexibility index (Phi) is 2.05. The van der Waals surface area contributed by atoms with Gasteiger partial charge in [0, 0.05) is 12.1 Å². The van der Waals surface area contributed by atoms with Crippen molar-refractivity contribution in [3.05, 3.63) is 0 Å². The summed E-state index contributed by atoms with van der Waals surface area (Å²) in [5.74, 6) is 0. The molecule has 0 aromatic heterocycles. The van der Waals surface area contributed by atoms with E-state index < -0.39 is 0 Å². The molecule has 3 nitrogen and oxygen atoms in total. The first-order valence-electron chi connectivity index (χ1n) is 3.29. The van der Waals surface area contributed by atoms with Crippen LogP contribution in [0.1, 0.15) is 13.3 Å². The Balaban J connectivity index is 2.14. The molecule has 52 valence electrons. The molecule has 0 unspecified atom stereocenters. The fourth-order valence-electron chi connectivity index (χ4n) is 0.982. The van der Waals surface area contributed by atoms with Crippen molar-refractivity contribution in [3.8, 4) is 0 Å². The molecule has 1 aliphatic rings. The Hall–Kier alpha value is -0.570. The van der Waals surface area contributed by atoms with Gasteiger partial charge in [0.2, 0.25) is 0 Å². The third-order valence-electron chi connectivity index (χ3n) is 1.38. The van der Waals surface area contributed by atoms with E-state index in [4.69, 9.17) is 5.73 Å². The minimum Gasteiger partial charge on any atom is -0.372 e. The normalized spacial score (nSPS) is 28.0. The number of nitrogens with zero attached hydrogens (tertiary/aromatic N) is 1. The summed E-state index contributed by atoms with van der Waals surface area (Å²) in [5.41, 5.74) is 5.58. The number of hydrogen-bond donors (Lipinski definition) is 2. The van der Waals surface area contributed by atoms with Crippen LogP contribution in [0.3, 0.4) is 0 Å². The first-order chi connectivity index (χ1) is 4.29. The van der Waals surface area contributed by atoms with Gasteiger partial charge in [-0.15, -0.1) is 0 Å². The second-order valence-electron chi connectivity index (χ2n) is 2.57. The summed E-state index contributed by atoms with van der Waals surface area (Å²) in [4.78, 5) is 4.03. The Morgan fingerprint density at radius 2 is 2.78 bits per heavy atom. The van der Waals surface area contributed by atoms with Gasteiger partial charge in [0.15, 0.2) is 0 Å². The smallest absolute Gasteiger partial charge is 0.0827 e. The molecule has 0 aromatic carbocycles. The molecular formula is C6H13N3. The summed E-state index contributed by atoms with van der Waals surface area (Å²) in [7, 11) is 0. The molecule has 3 N–H and O–H groups in total. The average Bonchev–Trinajstić information content (AvgIpc) is 2.15. The van der Waals surface area contributed by atoms with Crippen molar-refractivity contribution in [1.82, 2.24) is 5.32 Å². The minimum atomic E-state index is 0.282. The average molecular weight is 127 g/mol. The van der Waals surface area contributed by atoms with Crippen LogP contribution in [0.25, 0.3) is 0 Å². The zero-order chi connectivity index (χ0) is 6.69. The second-order valence-corrected chi connectivity index (χ2v) is 2.57. The van der Waals surface area contributed by atoms with Gasteiger partial charge in [-0.2, -0.15) is 0 Å². The van der Waals surface area contributed by atoms with Crippen molar-refractivity contribution in [2.24, 2.45) is 10.7 Å². The van der Waals surface area contributed by atoms with Crippen LogP contribution in [-0.2, 0) is 0 Å². The summed E-state index contributed by atoms with van der Waals surface area (Å²) in [6.07, 6.45) is 2.77. The molecule has 0 amide bonds. The third-order valence-corrected chi connectivity index (χ3v) is 1.38. The van der Waals surface area contributed by atoms with Gasteiger partial charge in [0.05, 0.1) is 12.9 Å². The molecular weight excluding hydrogens is 114 g/mol. The van der Waals surface area contributed by atoms with Crippen LogP contribution in [-0.4, -0.2) is 25.0 Å². The molecule has 0 saturated heterocycles. The highest BCUT2D eigenvalue weighted by Crippen LogP contribution is 1.98. The topological polar surface area (TPSA) is 50.4 Å². The van der Waals surface area contributed by atoms with Crippen molar-refractivity contribution in [1.29, 1.82) is 0 Å². The first-order valence-corrected chi connectivity index (χ1v) is 3.29. The quantitative estimate of drug-likeness (QED) is 0.536. The number of hydrogen-bond acceptors (Lipinski definition) is 3. The molecule has 2 atom stereocenters. The highest BCUT2D eigenvalue weighted by atomic mass is 15.1. The Labute approximate surface area is 55.3 Å². The van der Waals surface area contributed by atoms with Crippen LogP contribution in [0.5, 0.6) is 0 Å². The van der Waals surface area contributed by atoms with Gasteiger partial charge in [-0.05, 0) is 13.3 Å². The van der Waals surface area contributed by atoms with E-state index in [1.165, 1.54) is 0 Å². The van der Waals surface area contributed by atoms with E-state index in [1.54, 1.807) is 6.34 Å². The third kappa shape index (κ3) is 2.01. The lowest BCUT2D eigenvalue weighted by atomic mass is 10.1. The van der Waals surface area contributed by atoms with Crippen molar-refractivity contribution in [3.63, 3.8) is 0 Å². The van der Waals surface area contributed by atoms with Gasteiger partial charge in [0.25, 0.3) is 0 Å². The maximum absolute atomic E-state index is 5.58. The molecule has 1 aliphatic heterocycles. The zero-order valence-electron chi connectivity index (χ0n) is 5.67. The van der Waals surface area contributed by atoms with Crippen LogP contribution in [0, 0.1) is 0 Å². The maximum atomic E-state index is 5.58.